The molecule has 0 radical (unpaired) electrons. The molecule has 0 spiro atoms. The van der Waals surface area contributed by atoms with Crippen LogP contribution in [0.2, 0.25) is 0 Å². The van der Waals surface area contributed by atoms with Crippen molar-refractivity contribution in [3.05, 3.63) is 32.7 Å². The second-order valence-corrected chi connectivity index (χ2v) is 5.50. The van der Waals surface area contributed by atoms with Crippen molar-refractivity contribution in [3.8, 4) is 0 Å². The molecule has 0 bridgehead atoms. The van der Waals surface area contributed by atoms with Crippen LogP contribution in [0.5, 0.6) is 0 Å². The molecule has 0 aliphatic rings. The standard InChI is InChI=1S/C9H11BrN4S/c1-14-8(5-12-13-14)4-11-3-7-2-9(10)15-6-7/h2,5-6,11H,3-4H2,1H3. The van der Waals surface area contributed by atoms with Crippen molar-refractivity contribution in [2.45, 2.75) is 13.1 Å². The van der Waals surface area contributed by atoms with Crippen molar-refractivity contribution in [1.82, 2.24) is 20.3 Å². The fourth-order valence-corrected chi connectivity index (χ4v) is 2.45. The molecule has 2 heterocycles. The Morgan fingerprint density at radius 2 is 2.40 bits per heavy atom. The first-order valence-electron chi connectivity index (χ1n) is 4.53. The summed E-state index contributed by atoms with van der Waals surface area (Å²) in [4.78, 5) is 0. The van der Waals surface area contributed by atoms with Crippen molar-refractivity contribution in [3.63, 3.8) is 0 Å². The molecule has 6 heteroatoms. The number of aromatic nitrogens is 3. The number of rotatable bonds is 4. The Morgan fingerprint density at radius 1 is 1.53 bits per heavy atom. The molecule has 0 aromatic carbocycles. The van der Waals surface area contributed by atoms with E-state index in [1.807, 2.05) is 7.05 Å². The van der Waals surface area contributed by atoms with Gasteiger partial charge < -0.3 is 5.32 Å². The second-order valence-electron chi connectivity index (χ2n) is 3.21. The van der Waals surface area contributed by atoms with E-state index in [4.69, 9.17) is 0 Å². The maximum absolute atomic E-state index is 3.87. The maximum Gasteiger partial charge on any atom is 0.0738 e. The Hall–Kier alpha value is -0.720. The molecule has 2 rings (SSSR count). The van der Waals surface area contributed by atoms with Gasteiger partial charge in [-0.15, -0.1) is 16.4 Å². The normalized spacial score (nSPS) is 10.8. The molecule has 0 aliphatic heterocycles. The lowest BCUT2D eigenvalue weighted by Crippen LogP contribution is -2.14. The van der Waals surface area contributed by atoms with E-state index < -0.39 is 0 Å². The first kappa shape index (κ1) is 10.8. The van der Waals surface area contributed by atoms with E-state index in [1.54, 1.807) is 22.2 Å². The van der Waals surface area contributed by atoms with Crippen LogP contribution < -0.4 is 5.32 Å². The van der Waals surface area contributed by atoms with Crippen molar-refractivity contribution >= 4 is 27.3 Å². The van der Waals surface area contributed by atoms with Gasteiger partial charge in [-0.2, -0.15) is 0 Å². The van der Waals surface area contributed by atoms with E-state index in [2.05, 4.69) is 43.0 Å². The van der Waals surface area contributed by atoms with Crippen LogP contribution in [0.25, 0.3) is 0 Å². The highest BCUT2D eigenvalue weighted by molar-refractivity contribution is 9.11. The van der Waals surface area contributed by atoms with E-state index in [0.717, 1.165) is 18.8 Å². The van der Waals surface area contributed by atoms with Gasteiger partial charge in [0.25, 0.3) is 0 Å². The van der Waals surface area contributed by atoms with Gasteiger partial charge in [-0.3, -0.25) is 4.68 Å². The molecule has 1 N–H and O–H groups in total. The van der Waals surface area contributed by atoms with Crippen LogP contribution in [-0.4, -0.2) is 15.0 Å². The minimum atomic E-state index is 0.789. The van der Waals surface area contributed by atoms with Crippen LogP contribution in [0.3, 0.4) is 0 Å². The Kier molecular flexibility index (Phi) is 3.50. The van der Waals surface area contributed by atoms with Gasteiger partial charge in [0.05, 0.1) is 15.7 Å². The van der Waals surface area contributed by atoms with Gasteiger partial charge in [0.15, 0.2) is 0 Å². The summed E-state index contributed by atoms with van der Waals surface area (Å²) in [5, 5.41) is 13.2. The van der Waals surface area contributed by atoms with Gasteiger partial charge in [0.2, 0.25) is 0 Å². The molecule has 80 valence electrons. The quantitative estimate of drug-likeness (QED) is 0.934. The molecule has 0 atom stereocenters. The molecule has 0 saturated carbocycles. The average Bonchev–Trinajstić information content (AvgIpc) is 2.77. The Labute approximate surface area is 100 Å². The number of nitrogens with zero attached hydrogens (tertiary/aromatic N) is 3. The van der Waals surface area contributed by atoms with E-state index >= 15 is 0 Å². The highest BCUT2D eigenvalue weighted by Gasteiger charge is 2.00. The second kappa shape index (κ2) is 4.87. The fourth-order valence-electron chi connectivity index (χ4n) is 1.24. The van der Waals surface area contributed by atoms with Gasteiger partial charge in [0.1, 0.15) is 0 Å². The van der Waals surface area contributed by atoms with Crippen LogP contribution in [0.1, 0.15) is 11.3 Å². The van der Waals surface area contributed by atoms with Crippen LogP contribution in [0.15, 0.2) is 21.4 Å². The van der Waals surface area contributed by atoms with Gasteiger partial charge in [0, 0.05) is 20.1 Å². The number of nitrogens with one attached hydrogen (secondary N) is 1. The molecule has 2 aromatic heterocycles. The third-order valence-corrected chi connectivity index (χ3v) is 3.62. The predicted octanol–water partition coefficient (Wildman–Crippen LogP) is 1.93. The van der Waals surface area contributed by atoms with E-state index in [1.165, 1.54) is 9.35 Å². The summed E-state index contributed by atoms with van der Waals surface area (Å²) in [7, 11) is 1.89. The third kappa shape index (κ3) is 2.87. The lowest BCUT2D eigenvalue weighted by molar-refractivity contribution is 0.617. The SMILES string of the molecule is Cn1nncc1CNCc1csc(Br)c1. The minimum absolute atomic E-state index is 0.789. The van der Waals surface area contributed by atoms with Crippen LogP contribution in [0, 0.1) is 0 Å². The van der Waals surface area contributed by atoms with Gasteiger partial charge in [-0.25, -0.2) is 0 Å². The Morgan fingerprint density at radius 3 is 3.00 bits per heavy atom. The third-order valence-electron chi connectivity index (χ3n) is 2.07. The zero-order valence-electron chi connectivity index (χ0n) is 8.27. The highest BCUT2D eigenvalue weighted by atomic mass is 79.9. The molecule has 15 heavy (non-hydrogen) atoms. The summed E-state index contributed by atoms with van der Waals surface area (Å²) < 4.78 is 2.94. The number of halogens is 1. The first-order chi connectivity index (χ1) is 7.25. The lowest BCUT2D eigenvalue weighted by atomic mass is 10.3. The largest absolute Gasteiger partial charge is 0.307 e. The van der Waals surface area contributed by atoms with Crippen molar-refractivity contribution < 1.29 is 0 Å². The van der Waals surface area contributed by atoms with Crippen molar-refractivity contribution in [2.24, 2.45) is 7.05 Å². The van der Waals surface area contributed by atoms with E-state index in [-0.39, 0.29) is 0 Å². The maximum atomic E-state index is 3.87. The molecular formula is C9H11BrN4S. The predicted molar refractivity (Wildman–Crippen MR) is 63.6 cm³/mol. The summed E-state index contributed by atoms with van der Waals surface area (Å²) in [6, 6.07) is 2.12. The number of hydrogen-bond acceptors (Lipinski definition) is 4. The van der Waals surface area contributed by atoms with Crippen LogP contribution in [0.4, 0.5) is 0 Å². The Bertz CT molecular complexity index is 437. The summed E-state index contributed by atoms with van der Waals surface area (Å²) in [6.07, 6.45) is 1.77. The van der Waals surface area contributed by atoms with Gasteiger partial charge in [-0.05, 0) is 32.9 Å². The molecule has 0 fully saturated rings. The molecular weight excluding hydrogens is 276 g/mol. The summed E-state index contributed by atoms with van der Waals surface area (Å²) in [5.74, 6) is 0. The van der Waals surface area contributed by atoms with Crippen molar-refractivity contribution in [1.29, 1.82) is 0 Å². The topological polar surface area (TPSA) is 42.7 Å². The van der Waals surface area contributed by atoms with Crippen LogP contribution >= 0.6 is 27.3 Å². The summed E-state index contributed by atoms with van der Waals surface area (Å²) in [6.45, 7) is 1.66. The molecule has 0 unspecified atom stereocenters. The average molecular weight is 287 g/mol. The molecule has 2 aromatic rings. The minimum Gasteiger partial charge on any atom is -0.307 e. The fraction of sp³-hybridized carbons (Fsp3) is 0.333. The zero-order valence-corrected chi connectivity index (χ0v) is 10.7. The monoisotopic (exact) mass is 286 g/mol. The molecule has 4 nitrogen and oxygen atoms in total. The van der Waals surface area contributed by atoms with E-state index in [9.17, 15) is 0 Å². The molecule has 0 aliphatic carbocycles. The van der Waals surface area contributed by atoms with Gasteiger partial charge >= 0.3 is 0 Å². The smallest absolute Gasteiger partial charge is 0.0738 e. The van der Waals surface area contributed by atoms with Crippen molar-refractivity contribution in [2.75, 3.05) is 0 Å². The number of hydrogen-bond donors (Lipinski definition) is 1. The van der Waals surface area contributed by atoms with E-state index in [0.29, 0.717) is 0 Å². The highest BCUT2D eigenvalue weighted by Crippen LogP contribution is 2.20. The number of thiophene rings is 1. The molecule has 0 amide bonds. The van der Waals surface area contributed by atoms with Crippen LogP contribution in [-0.2, 0) is 20.1 Å². The lowest BCUT2D eigenvalue weighted by Gasteiger charge is -2.02. The zero-order chi connectivity index (χ0) is 10.7. The summed E-state index contributed by atoms with van der Waals surface area (Å²) in [5.41, 5.74) is 2.38. The molecule has 0 saturated heterocycles. The number of aryl methyl sites for hydroxylation is 1. The Balaban J connectivity index is 1.83. The summed E-state index contributed by atoms with van der Waals surface area (Å²) >= 11 is 5.14. The van der Waals surface area contributed by atoms with Gasteiger partial charge in [-0.1, -0.05) is 5.21 Å². The first-order valence-corrected chi connectivity index (χ1v) is 6.20.